The van der Waals surface area contributed by atoms with E-state index < -0.39 is 0 Å². The highest BCUT2D eigenvalue weighted by molar-refractivity contribution is 6.27. The molecule has 1 aromatic heterocycles. The fraction of sp³-hybridized carbons (Fsp3) is 0.455. The first kappa shape index (κ1) is 22.9. The Labute approximate surface area is 198 Å². The van der Waals surface area contributed by atoms with Crippen molar-refractivity contribution in [2.75, 3.05) is 58.9 Å². The molecule has 33 heavy (non-hydrogen) atoms. The van der Waals surface area contributed by atoms with E-state index in [0.717, 1.165) is 41.5 Å². The summed E-state index contributed by atoms with van der Waals surface area (Å²) in [7, 11) is 1.77. The Balaban J connectivity index is 1.46. The molecule has 1 saturated heterocycles. The lowest BCUT2D eigenvalue weighted by Gasteiger charge is -2.32. The number of amides is 2. The molecule has 10 nitrogen and oxygen atoms in total. The topological polar surface area (TPSA) is 115 Å². The second kappa shape index (κ2) is 10.1. The number of nitrogens with one attached hydrogen (secondary N) is 4. The standard InChI is InChI=1S/C22H29ClN8O2/c1-3-17(32)30(2)16-6-4-14(5-7-16)27-22-28-20-19(24-13-25-20)21(29-22)26-15-8-10-31(11-9-15)18(33)12-23/h4-7,15,24H,3,8-13H2,1-2H3,(H3,25,26,27,28,29). The van der Waals surface area contributed by atoms with Gasteiger partial charge >= 0.3 is 0 Å². The van der Waals surface area contributed by atoms with Gasteiger partial charge in [-0.25, -0.2) is 0 Å². The fourth-order valence-corrected chi connectivity index (χ4v) is 4.13. The van der Waals surface area contributed by atoms with Crippen LogP contribution in [0.5, 0.6) is 0 Å². The Kier molecular flexibility index (Phi) is 7.02. The SMILES string of the molecule is CCC(=O)N(C)c1ccc(Nc2nc3c(c(NC4CCN(C(=O)CCl)CC4)n2)NCN3)cc1. The van der Waals surface area contributed by atoms with Gasteiger partial charge in [-0.1, -0.05) is 6.92 Å². The number of likely N-dealkylation sites (tertiary alicyclic amines) is 1. The van der Waals surface area contributed by atoms with Gasteiger partial charge in [-0.3, -0.25) is 9.59 Å². The fourth-order valence-electron chi connectivity index (χ4n) is 3.96. The molecule has 0 unspecified atom stereocenters. The van der Waals surface area contributed by atoms with Crippen molar-refractivity contribution in [3.05, 3.63) is 24.3 Å². The minimum atomic E-state index is -0.0216. The summed E-state index contributed by atoms with van der Waals surface area (Å²) in [5.74, 6) is 1.98. The summed E-state index contributed by atoms with van der Waals surface area (Å²) in [4.78, 5) is 36.4. The number of nitrogens with zero attached hydrogens (tertiary/aromatic N) is 4. The van der Waals surface area contributed by atoms with Gasteiger partial charge in [-0.05, 0) is 37.1 Å². The average molecular weight is 473 g/mol. The van der Waals surface area contributed by atoms with E-state index in [1.807, 2.05) is 31.2 Å². The largest absolute Gasteiger partial charge is 0.365 e. The zero-order valence-electron chi connectivity index (χ0n) is 18.8. The summed E-state index contributed by atoms with van der Waals surface area (Å²) < 4.78 is 0. The number of carbonyl (C=O) groups is 2. The Morgan fingerprint density at radius 3 is 2.58 bits per heavy atom. The Bertz CT molecular complexity index is 1010. The van der Waals surface area contributed by atoms with Crippen LogP contribution in [0.3, 0.4) is 0 Å². The molecular weight excluding hydrogens is 444 g/mol. The predicted molar refractivity (Wildman–Crippen MR) is 132 cm³/mol. The maximum absolute atomic E-state index is 11.9. The minimum absolute atomic E-state index is 0.0216. The Morgan fingerprint density at radius 1 is 1.18 bits per heavy atom. The highest BCUT2D eigenvalue weighted by Gasteiger charge is 2.25. The van der Waals surface area contributed by atoms with Crippen LogP contribution >= 0.6 is 11.6 Å². The van der Waals surface area contributed by atoms with Crippen LogP contribution < -0.4 is 26.2 Å². The van der Waals surface area contributed by atoms with Crippen LogP contribution in [0.25, 0.3) is 0 Å². The van der Waals surface area contributed by atoms with Gasteiger partial charge in [0.15, 0.2) is 11.6 Å². The van der Waals surface area contributed by atoms with Gasteiger partial charge in [0, 0.05) is 44.0 Å². The van der Waals surface area contributed by atoms with Crippen LogP contribution in [0.2, 0.25) is 0 Å². The van der Waals surface area contributed by atoms with Crippen LogP contribution in [0.4, 0.5) is 34.6 Å². The van der Waals surface area contributed by atoms with Crippen molar-refractivity contribution in [1.29, 1.82) is 0 Å². The van der Waals surface area contributed by atoms with Crippen molar-refractivity contribution < 1.29 is 9.59 Å². The third-order valence-electron chi connectivity index (χ3n) is 5.92. The van der Waals surface area contributed by atoms with E-state index in [1.54, 1.807) is 16.8 Å². The van der Waals surface area contributed by atoms with Gasteiger partial charge < -0.3 is 31.1 Å². The molecule has 1 fully saturated rings. The minimum Gasteiger partial charge on any atom is -0.365 e. The molecule has 11 heteroatoms. The number of aromatic nitrogens is 2. The number of carbonyl (C=O) groups excluding carboxylic acids is 2. The molecule has 2 aliphatic rings. The molecular formula is C22H29ClN8O2. The predicted octanol–water partition coefficient (Wildman–Crippen LogP) is 3.03. The maximum atomic E-state index is 11.9. The zero-order chi connectivity index (χ0) is 23.4. The maximum Gasteiger partial charge on any atom is 0.237 e. The molecule has 0 saturated carbocycles. The summed E-state index contributed by atoms with van der Waals surface area (Å²) >= 11 is 5.68. The number of alkyl halides is 1. The van der Waals surface area contributed by atoms with Crippen molar-refractivity contribution in [3.8, 4) is 0 Å². The van der Waals surface area contributed by atoms with Gasteiger partial charge in [0.2, 0.25) is 17.8 Å². The van der Waals surface area contributed by atoms with Crippen LogP contribution in [-0.2, 0) is 9.59 Å². The summed E-state index contributed by atoms with van der Waals surface area (Å²) in [5.41, 5.74) is 2.49. The number of halogens is 1. The Hall–Kier alpha value is -3.27. The molecule has 2 amide bonds. The molecule has 3 heterocycles. The molecule has 2 aromatic rings. The quantitative estimate of drug-likeness (QED) is 0.455. The smallest absolute Gasteiger partial charge is 0.237 e. The average Bonchev–Trinajstić information content (AvgIpc) is 3.32. The van der Waals surface area contributed by atoms with E-state index in [0.29, 0.717) is 32.1 Å². The van der Waals surface area contributed by atoms with Gasteiger partial charge in [-0.2, -0.15) is 9.97 Å². The number of anilines is 6. The molecule has 0 radical (unpaired) electrons. The molecule has 4 N–H and O–H groups in total. The summed E-state index contributed by atoms with van der Waals surface area (Å²) in [6.45, 7) is 3.78. The molecule has 0 spiro atoms. The molecule has 0 aliphatic carbocycles. The lowest BCUT2D eigenvalue weighted by atomic mass is 10.1. The van der Waals surface area contributed by atoms with Gasteiger partial charge in [0.05, 0.1) is 6.67 Å². The number of rotatable bonds is 7. The molecule has 2 aliphatic heterocycles. The second-order valence-corrected chi connectivity index (χ2v) is 8.33. The van der Waals surface area contributed by atoms with E-state index in [1.165, 1.54) is 0 Å². The van der Waals surface area contributed by atoms with Crippen LogP contribution in [0, 0.1) is 0 Å². The normalized spacial score (nSPS) is 15.3. The monoisotopic (exact) mass is 472 g/mol. The van der Waals surface area contributed by atoms with Crippen LogP contribution in [-0.4, -0.2) is 65.4 Å². The Morgan fingerprint density at radius 2 is 1.91 bits per heavy atom. The third-order valence-corrected chi connectivity index (χ3v) is 6.15. The lowest BCUT2D eigenvalue weighted by Crippen LogP contribution is -2.43. The number of benzene rings is 1. The third kappa shape index (κ3) is 5.22. The zero-order valence-corrected chi connectivity index (χ0v) is 19.6. The van der Waals surface area contributed by atoms with Crippen LogP contribution in [0.1, 0.15) is 26.2 Å². The highest BCUT2D eigenvalue weighted by atomic mass is 35.5. The lowest BCUT2D eigenvalue weighted by molar-refractivity contribution is -0.129. The van der Waals surface area contributed by atoms with Crippen molar-refractivity contribution in [1.82, 2.24) is 14.9 Å². The van der Waals surface area contributed by atoms with Crippen molar-refractivity contribution in [3.63, 3.8) is 0 Å². The molecule has 1 aromatic carbocycles. The first-order valence-corrected chi connectivity index (χ1v) is 11.7. The van der Waals surface area contributed by atoms with Gasteiger partial charge in [0.25, 0.3) is 0 Å². The first-order valence-electron chi connectivity index (χ1n) is 11.1. The van der Waals surface area contributed by atoms with E-state index in [4.69, 9.17) is 16.6 Å². The van der Waals surface area contributed by atoms with E-state index >= 15 is 0 Å². The van der Waals surface area contributed by atoms with E-state index in [-0.39, 0.29) is 23.7 Å². The summed E-state index contributed by atoms with van der Waals surface area (Å²) in [6, 6.07) is 7.77. The number of piperidine rings is 1. The van der Waals surface area contributed by atoms with Crippen molar-refractivity contribution in [2.45, 2.75) is 32.2 Å². The summed E-state index contributed by atoms with van der Waals surface area (Å²) in [5, 5.41) is 13.3. The van der Waals surface area contributed by atoms with Crippen LogP contribution in [0.15, 0.2) is 24.3 Å². The number of hydrogen-bond donors (Lipinski definition) is 4. The van der Waals surface area contributed by atoms with E-state index in [2.05, 4.69) is 26.3 Å². The number of hydrogen-bond acceptors (Lipinski definition) is 8. The van der Waals surface area contributed by atoms with E-state index in [9.17, 15) is 9.59 Å². The molecule has 176 valence electrons. The van der Waals surface area contributed by atoms with Crippen molar-refractivity contribution >= 4 is 58.1 Å². The van der Waals surface area contributed by atoms with Crippen molar-refractivity contribution in [2.24, 2.45) is 0 Å². The summed E-state index contributed by atoms with van der Waals surface area (Å²) in [6.07, 6.45) is 2.10. The molecule has 4 rings (SSSR count). The first-order chi connectivity index (χ1) is 16.0. The van der Waals surface area contributed by atoms with Gasteiger partial charge in [-0.15, -0.1) is 11.6 Å². The molecule has 0 bridgehead atoms. The number of fused-ring (bicyclic) bond motifs is 1. The highest BCUT2D eigenvalue weighted by Crippen LogP contribution is 2.34. The second-order valence-electron chi connectivity index (χ2n) is 8.06. The van der Waals surface area contributed by atoms with Gasteiger partial charge in [0.1, 0.15) is 11.6 Å². The molecule has 0 atom stereocenters.